The summed E-state index contributed by atoms with van der Waals surface area (Å²) >= 11 is 0. The summed E-state index contributed by atoms with van der Waals surface area (Å²) in [6.07, 6.45) is 4.48. The molecule has 1 aromatic rings. The Morgan fingerprint density at radius 2 is 1.97 bits per heavy atom. The molecule has 0 atom stereocenters. The first-order chi connectivity index (χ1) is 13.6. The monoisotopic (exact) mass is 438 g/mol. The van der Waals surface area contributed by atoms with Crippen molar-refractivity contribution in [1.29, 1.82) is 0 Å². The van der Waals surface area contributed by atoms with Crippen LogP contribution in [0.3, 0.4) is 0 Å². The quantitative estimate of drug-likeness (QED) is 0.611. The maximum Gasteiger partial charge on any atom is 0.256 e. The van der Waals surface area contributed by atoms with Crippen molar-refractivity contribution in [1.82, 2.24) is 14.9 Å². The molecule has 1 amide bonds. The van der Waals surface area contributed by atoms with Gasteiger partial charge in [0, 0.05) is 25.8 Å². The molecule has 0 aromatic heterocycles. The van der Waals surface area contributed by atoms with Crippen LogP contribution in [0, 0.1) is 13.8 Å². The minimum absolute atomic E-state index is 0.0348. The SMILES string of the molecule is Cc1ccc(C)c(S(=O)(=O)NCCNC(=O)C2=CN3CCS(=O)(=O)N=C3C=C2)c1. The Bertz CT molecular complexity index is 1130. The van der Waals surface area contributed by atoms with Gasteiger partial charge in [-0.1, -0.05) is 12.1 Å². The molecule has 3 rings (SSSR count). The highest BCUT2D eigenvalue weighted by molar-refractivity contribution is 7.90. The molecule has 29 heavy (non-hydrogen) atoms. The van der Waals surface area contributed by atoms with Gasteiger partial charge in [0.15, 0.2) is 0 Å². The molecule has 0 fully saturated rings. The summed E-state index contributed by atoms with van der Waals surface area (Å²) in [7, 11) is -7.13. The molecule has 2 N–H and O–H groups in total. The number of aryl methyl sites for hydroxylation is 2. The van der Waals surface area contributed by atoms with Crippen molar-refractivity contribution < 1.29 is 21.6 Å². The number of sulfonamides is 2. The molecule has 1 aromatic carbocycles. The van der Waals surface area contributed by atoms with Crippen molar-refractivity contribution in [2.24, 2.45) is 4.40 Å². The maximum atomic E-state index is 12.4. The zero-order valence-electron chi connectivity index (χ0n) is 16.0. The van der Waals surface area contributed by atoms with Crippen LogP contribution < -0.4 is 10.0 Å². The second-order valence-corrected chi connectivity index (χ2v) is 10.3. The van der Waals surface area contributed by atoms with Crippen molar-refractivity contribution in [3.05, 3.63) is 53.3 Å². The third kappa shape index (κ3) is 5.11. The van der Waals surface area contributed by atoms with E-state index in [1.807, 2.05) is 13.0 Å². The van der Waals surface area contributed by atoms with Gasteiger partial charge in [-0.05, 0) is 43.2 Å². The van der Waals surface area contributed by atoms with Gasteiger partial charge in [0.05, 0.1) is 16.2 Å². The van der Waals surface area contributed by atoms with E-state index in [9.17, 15) is 21.6 Å². The van der Waals surface area contributed by atoms with Crippen LogP contribution in [-0.4, -0.2) is 58.9 Å². The van der Waals surface area contributed by atoms with E-state index in [2.05, 4.69) is 14.4 Å². The Hall–Kier alpha value is -2.50. The molecule has 11 heteroatoms. The number of hydrogen-bond donors (Lipinski definition) is 2. The molecule has 0 saturated carbocycles. The number of carbonyl (C=O) groups excluding carboxylic acids is 1. The third-order valence-electron chi connectivity index (χ3n) is 4.42. The Kier molecular flexibility index (Phi) is 5.92. The lowest BCUT2D eigenvalue weighted by Crippen LogP contribution is -2.39. The van der Waals surface area contributed by atoms with E-state index in [1.165, 1.54) is 18.4 Å². The van der Waals surface area contributed by atoms with Crippen LogP contribution in [0.4, 0.5) is 0 Å². The lowest BCUT2D eigenvalue weighted by atomic mass is 10.2. The van der Waals surface area contributed by atoms with Crippen LogP contribution >= 0.6 is 0 Å². The van der Waals surface area contributed by atoms with Crippen molar-refractivity contribution in [2.45, 2.75) is 18.7 Å². The number of rotatable bonds is 6. The summed E-state index contributed by atoms with van der Waals surface area (Å²) < 4.78 is 54.1. The van der Waals surface area contributed by atoms with Gasteiger partial charge in [0.2, 0.25) is 10.0 Å². The predicted molar refractivity (Wildman–Crippen MR) is 109 cm³/mol. The number of carbonyl (C=O) groups is 1. The molecule has 0 aliphatic carbocycles. The predicted octanol–water partition coefficient (Wildman–Crippen LogP) is 0.196. The molecule has 0 radical (unpaired) electrons. The molecule has 0 unspecified atom stereocenters. The van der Waals surface area contributed by atoms with Crippen molar-refractivity contribution in [3.8, 4) is 0 Å². The number of amidine groups is 1. The van der Waals surface area contributed by atoms with E-state index < -0.39 is 20.0 Å². The van der Waals surface area contributed by atoms with Crippen LogP contribution in [0.1, 0.15) is 11.1 Å². The molecule has 156 valence electrons. The first-order valence-electron chi connectivity index (χ1n) is 8.92. The second kappa shape index (κ2) is 8.09. The molecule has 0 bridgehead atoms. The standard InChI is InChI=1S/C18H22N4O5S2/c1-13-3-4-14(2)16(11-13)29(26,27)20-8-7-19-18(23)15-5-6-17-21-28(24,25)10-9-22(17)12-15/h3-6,11-12,20H,7-10H2,1-2H3,(H,19,23). The molecule has 2 aliphatic rings. The van der Waals surface area contributed by atoms with E-state index in [-0.39, 0.29) is 42.0 Å². The zero-order valence-corrected chi connectivity index (χ0v) is 17.7. The Morgan fingerprint density at radius 1 is 1.21 bits per heavy atom. The average molecular weight is 439 g/mol. The normalized spacial score (nSPS) is 17.9. The van der Waals surface area contributed by atoms with E-state index in [0.717, 1.165) is 5.56 Å². The lowest BCUT2D eigenvalue weighted by Gasteiger charge is -2.26. The summed E-state index contributed by atoms with van der Waals surface area (Å²) in [5, 5.41) is 2.64. The van der Waals surface area contributed by atoms with E-state index >= 15 is 0 Å². The fourth-order valence-corrected chi connectivity index (χ4v) is 5.20. The van der Waals surface area contributed by atoms with Crippen LogP contribution in [-0.2, 0) is 24.8 Å². The molecule has 0 saturated heterocycles. The minimum Gasteiger partial charge on any atom is -0.351 e. The summed E-state index contributed by atoms with van der Waals surface area (Å²) in [6.45, 7) is 3.90. The van der Waals surface area contributed by atoms with Crippen molar-refractivity contribution >= 4 is 31.8 Å². The topological polar surface area (TPSA) is 125 Å². The first kappa shape index (κ1) is 21.2. The van der Waals surface area contributed by atoms with Crippen LogP contribution in [0.15, 0.2) is 51.4 Å². The summed E-state index contributed by atoms with van der Waals surface area (Å²) in [4.78, 5) is 14.1. The van der Waals surface area contributed by atoms with Crippen molar-refractivity contribution in [3.63, 3.8) is 0 Å². The molecule has 9 nitrogen and oxygen atoms in total. The Morgan fingerprint density at radius 3 is 2.72 bits per heavy atom. The van der Waals surface area contributed by atoms with E-state index in [1.54, 1.807) is 24.0 Å². The highest BCUT2D eigenvalue weighted by atomic mass is 32.2. The smallest absolute Gasteiger partial charge is 0.256 e. The summed E-state index contributed by atoms with van der Waals surface area (Å²) in [5.74, 6) is -0.232. The fourth-order valence-electron chi connectivity index (χ4n) is 2.87. The molecular weight excluding hydrogens is 416 g/mol. The lowest BCUT2D eigenvalue weighted by molar-refractivity contribution is -0.117. The molecule has 2 aliphatic heterocycles. The molecule has 2 heterocycles. The van der Waals surface area contributed by atoms with Crippen LogP contribution in [0.25, 0.3) is 0 Å². The average Bonchev–Trinajstić information content (AvgIpc) is 2.65. The van der Waals surface area contributed by atoms with Gasteiger partial charge in [0.1, 0.15) is 5.84 Å². The van der Waals surface area contributed by atoms with Gasteiger partial charge in [-0.15, -0.1) is 4.40 Å². The zero-order chi connectivity index (χ0) is 21.2. The summed E-state index contributed by atoms with van der Waals surface area (Å²) in [6, 6.07) is 5.19. The molecule has 0 spiro atoms. The Balaban J connectivity index is 1.55. The fraction of sp³-hybridized carbons (Fsp3) is 0.333. The number of hydrogen-bond acceptors (Lipinski definition) is 6. The van der Waals surface area contributed by atoms with Crippen LogP contribution in [0.5, 0.6) is 0 Å². The second-order valence-electron chi connectivity index (χ2n) is 6.77. The Labute approximate surface area is 170 Å². The van der Waals surface area contributed by atoms with Gasteiger partial charge in [-0.3, -0.25) is 4.79 Å². The molecular formula is C18H22N4O5S2. The summed E-state index contributed by atoms with van der Waals surface area (Å²) in [5.41, 5.74) is 1.82. The largest absolute Gasteiger partial charge is 0.351 e. The third-order valence-corrected chi connectivity index (χ3v) is 7.19. The van der Waals surface area contributed by atoms with Gasteiger partial charge in [0.25, 0.3) is 15.9 Å². The van der Waals surface area contributed by atoms with Crippen molar-refractivity contribution in [2.75, 3.05) is 25.4 Å². The minimum atomic E-state index is -3.67. The number of amides is 1. The first-order valence-corrected chi connectivity index (χ1v) is 12.0. The highest BCUT2D eigenvalue weighted by Gasteiger charge is 2.25. The number of nitrogens with zero attached hydrogens (tertiary/aromatic N) is 2. The van der Waals surface area contributed by atoms with E-state index in [4.69, 9.17) is 0 Å². The van der Waals surface area contributed by atoms with Gasteiger partial charge < -0.3 is 10.2 Å². The van der Waals surface area contributed by atoms with Crippen LogP contribution in [0.2, 0.25) is 0 Å². The van der Waals surface area contributed by atoms with E-state index in [0.29, 0.717) is 11.1 Å². The number of nitrogens with one attached hydrogen (secondary N) is 2. The van der Waals surface area contributed by atoms with Gasteiger partial charge in [-0.25, -0.2) is 21.6 Å². The number of benzene rings is 1. The number of fused-ring (bicyclic) bond motifs is 1. The highest BCUT2D eigenvalue weighted by Crippen LogP contribution is 2.17. The van der Waals surface area contributed by atoms with Gasteiger partial charge >= 0.3 is 0 Å². The maximum absolute atomic E-state index is 12.4. The van der Waals surface area contributed by atoms with Gasteiger partial charge in [-0.2, -0.15) is 0 Å².